The number of nitrogens with one attached hydrogen (secondary N) is 1. The molecule has 2 rings (SSSR count). The highest BCUT2D eigenvalue weighted by Crippen LogP contribution is 2.24. The smallest absolute Gasteiger partial charge is 0.297 e. The van der Waals surface area contributed by atoms with Gasteiger partial charge >= 0.3 is 0 Å². The molecule has 2 aromatic heterocycles. The van der Waals surface area contributed by atoms with E-state index >= 15 is 0 Å². The van der Waals surface area contributed by atoms with Crippen molar-refractivity contribution in [3.63, 3.8) is 0 Å². The van der Waals surface area contributed by atoms with Gasteiger partial charge in [0.05, 0.1) is 17.6 Å². The van der Waals surface area contributed by atoms with Gasteiger partial charge in [0, 0.05) is 12.5 Å². The molecule has 2 aromatic rings. The monoisotopic (exact) mass is 213 g/mol. The first-order chi connectivity index (χ1) is 6.72. The quantitative estimate of drug-likeness (QED) is 0.718. The summed E-state index contributed by atoms with van der Waals surface area (Å²) in [6.07, 6.45) is 0. The lowest BCUT2D eigenvalue weighted by molar-refractivity contribution is -0.601. The minimum absolute atomic E-state index is 0.378. The van der Waals surface area contributed by atoms with E-state index in [2.05, 4.69) is 10.3 Å². The zero-order valence-electron chi connectivity index (χ0n) is 7.93. The number of alkyl halides is 1. The maximum Gasteiger partial charge on any atom is 0.297 e. The Bertz CT molecular complexity index is 447. The molecule has 2 heterocycles. The van der Waals surface area contributed by atoms with Gasteiger partial charge in [0.15, 0.2) is 5.76 Å². The number of hydrogen-bond acceptors (Lipinski definition) is 3. The second kappa shape index (κ2) is 3.46. The predicted octanol–water partition coefficient (Wildman–Crippen LogP) is 2.10. The fourth-order valence-electron chi connectivity index (χ4n) is 1.27. The van der Waals surface area contributed by atoms with Gasteiger partial charge in [-0.25, -0.2) is 4.52 Å². The molecule has 14 heavy (non-hydrogen) atoms. The van der Waals surface area contributed by atoms with Crippen LogP contribution in [0, 0.1) is 13.8 Å². The highest BCUT2D eigenvalue weighted by atomic mass is 35.5. The number of nitrogens with zero attached hydrogens (tertiary/aromatic N) is 1. The van der Waals surface area contributed by atoms with E-state index in [0.29, 0.717) is 11.6 Å². The van der Waals surface area contributed by atoms with Gasteiger partial charge in [-0.05, 0) is 12.1 Å². The lowest BCUT2D eigenvalue weighted by Gasteiger charge is -1.88. The second-order valence-corrected chi connectivity index (χ2v) is 3.35. The first-order valence-electron chi connectivity index (χ1n) is 4.22. The zero-order valence-corrected chi connectivity index (χ0v) is 8.68. The normalized spacial score (nSPS) is 10.8. The van der Waals surface area contributed by atoms with E-state index in [1.807, 2.05) is 19.9 Å². The van der Waals surface area contributed by atoms with E-state index < -0.39 is 0 Å². The third-order valence-corrected chi connectivity index (χ3v) is 2.30. The minimum Gasteiger partial charge on any atom is -0.349 e. The third kappa shape index (κ3) is 1.42. The molecule has 0 fully saturated rings. The van der Waals surface area contributed by atoms with Crippen molar-refractivity contribution in [2.75, 3.05) is 0 Å². The predicted molar refractivity (Wildman–Crippen MR) is 49.8 cm³/mol. The van der Waals surface area contributed by atoms with Gasteiger partial charge in [-0.15, -0.1) is 11.6 Å². The minimum atomic E-state index is 0.378. The van der Waals surface area contributed by atoms with Gasteiger partial charge < -0.3 is 4.52 Å². The van der Waals surface area contributed by atoms with E-state index in [0.717, 1.165) is 22.7 Å². The summed E-state index contributed by atoms with van der Waals surface area (Å²) in [6.45, 7) is 3.71. The number of H-pyrrole nitrogens is 1. The number of aryl methyl sites for hydroxylation is 2. The molecule has 74 valence electrons. The van der Waals surface area contributed by atoms with Crippen molar-refractivity contribution in [3.05, 3.63) is 23.1 Å². The Morgan fingerprint density at radius 3 is 2.86 bits per heavy atom. The summed E-state index contributed by atoms with van der Waals surface area (Å²) < 4.78 is 10.2. The summed E-state index contributed by atoms with van der Waals surface area (Å²) in [5.41, 5.74) is 2.46. The van der Waals surface area contributed by atoms with Crippen molar-refractivity contribution in [1.29, 1.82) is 0 Å². The van der Waals surface area contributed by atoms with Crippen molar-refractivity contribution in [3.8, 4) is 11.5 Å². The Balaban J connectivity index is 2.51. The van der Waals surface area contributed by atoms with E-state index in [4.69, 9.17) is 20.6 Å². The van der Waals surface area contributed by atoms with Crippen LogP contribution in [-0.2, 0) is 5.88 Å². The zero-order chi connectivity index (χ0) is 10.1. The summed E-state index contributed by atoms with van der Waals surface area (Å²) in [5.74, 6) is 1.81. The standard InChI is InChI=1S/C9H9ClN2O2/c1-5-3-8(12-13-5)9-7(4-10)6(2)11-14-9/h3H,4H2,1-2H3/p+1. The molecule has 0 atom stereocenters. The van der Waals surface area contributed by atoms with Crippen molar-refractivity contribution in [1.82, 2.24) is 5.16 Å². The lowest BCUT2D eigenvalue weighted by atomic mass is 10.2. The van der Waals surface area contributed by atoms with Crippen LogP contribution in [0.2, 0.25) is 0 Å². The molecule has 0 aromatic carbocycles. The van der Waals surface area contributed by atoms with Gasteiger partial charge in [0.1, 0.15) is 0 Å². The van der Waals surface area contributed by atoms with Gasteiger partial charge in [-0.1, -0.05) is 5.16 Å². The van der Waals surface area contributed by atoms with Crippen LogP contribution < -0.4 is 5.16 Å². The molecule has 0 aliphatic carbocycles. The Hall–Kier alpha value is -1.29. The van der Waals surface area contributed by atoms with Crippen LogP contribution >= 0.6 is 11.6 Å². The first kappa shape index (κ1) is 9.27. The molecular formula is C9H10ClN2O2+. The van der Waals surface area contributed by atoms with Crippen LogP contribution in [0.4, 0.5) is 0 Å². The number of aromatic amines is 1. The average molecular weight is 214 g/mol. The molecule has 0 unspecified atom stereocenters. The van der Waals surface area contributed by atoms with Crippen molar-refractivity contribution < 1.29 is 14.2 Å². The molecule has 1 N–H and O–H groups in total. The topological polar surface area (TPSA) is 53.3 Å². The van der Waals surface area contributed by atoms with E-state index in [9.17, 15) is 0 Å². The summed E-state index contributed by atoms with van der Waals surface area (Å²) >= 11 is 5.79. The van der Waals surface area contributed by atoms with E-state index in [1.165, 1.54) is 0 Å². The van der Waals surface area contributed by atoms with Crippen molar-refractivity contribution in [2.45, 2.75) is 19.7 Å². The maximum absolute atomic E-state index is 5.79. The van der Waals surface area contributed by atoms with Crippen LogP contribution in [0.5, 0.6) is 0 Å². The van der Waals surface area contributed by atoms with Crippen LogP contribution in [0.25, 0.3) is 11.5 Å². The Labute approximate surface area is 85.8 Å². The molecule has 5 heteroatoms. The van der Waals surface area contributed by atoms with E-state index in [-0.39, 0.29) is 0 Å². The molecule has 4 nitrogen and oxygen atoms in total. The Morgan fingerprint density at radius 2 is 2.29 bits per heavy atom. The largest absolute Gasteiger partial charge is 0.349 e. The average Bonchev–Trinajstić information content (AvgIpc) is 2.71. The van der Waals surface area contributed by atoms with Crippen LogP contribution in [0.1, 0.15) is 17.0 Å². The molecule has 0 radical (unpaired) electrons. The third-order valence-electron chi connectivity index (χ3n) is 2.03. The summed E-state index contributed by atoms with van der Waals surface area (Å²) in [6, 6.07) is 1.84. The van der Waals surface area contributed by atoms with Crippen molar-refractivity contribution in [2.24, 2.45) is 0 Å². The first-order valence-corrected chi connectivity index (χ1v) is 4.75. The lowest BCUT2D eigenvalue weighted by Crippen LogP contribution is -1.99. The molecule has 0 bridgehead atoms. The van der Waals surface area contributed by atoms with Gasteiger partial charge in [0.25, 0.3) is 5.69 Å². The number of aromatic nitrogens is 2. The van der Waals surface area contributed by atoms with Gasteiger partial charge in [0.2, 0.25) is 5.76 Å². The van der Waals surface area contributed by atoms with E-state index in [1.54, 1.807) is 0 Å². The van der Waals surface area contributed by atoms with Crippen molar-refractivity contribution >= 4 is 11.6 Å². The molecule has 0 amide bonds. The number of halogens is 1. The number of hydrogen-bond donors (Lipinski definition) is 0. The fourth-order valence-corrected chi connectivity index (χ4v) is 1.58. The van der Waals surface area contributed by atoms with Gasteiger partial charge in [-0.2, -0.15) is 0 Å². The molecular weight excluding hydrogens is 204 g/mol. The summed E-state index contributed by atoms with van der Waals surface area (Å²) in [7, 11) is 0. The van der Waals surface area contributed by atoms with Crippen LogP contribution in [-0.4, -0.2) is 5.16 Å². The molecule has 0 saturated carbocycles. The van der Waals surface area contributed by atoms with Gasteiger partial charge in [-0.3, -0.25) is 0 Å². The highest BCUT2D eigenvalue weighted by molar-refractivity contribution is 6.17. The second-order valence-electron chi connectivity index (χ2n) is 3.08. The Morgan fingerprint density at radius 1 is 1.50 bits per heavy atom. The van der Waals surface area contributed by atoms with Crippen LogP contribution in [0.3, 0.4) is 0 Å². The Kier molecular flexibility index (Phi) is 2.29. The molecule has 0 aliphatic heterocycles. The maximum atomic E-state index is 5.79. The highest BCUT2D eigenvalue weighted by Gasteiger charge is 2.21. The molecule has 0 aliphatic rings. The molecule has 0 saturated heterocycles. The number of rotatable bonds is 2. The SMILES string of the molecule is Cc1cc(-c2onc(C)c2CCl)[nH+]o1. The molecule has 0 spiro atoms. The fraction of sp³-hybridized carbons (Fsp3) is 0.333. The summed E-state index contributed by atoms with van der Waals surface area (Å²) in [4.78, 5) is 0. The van der Waals surface area contributed by atoms with Crippen LogP contribution in [0.15, 0.2) is 15.1 Å². The summed E-state index contributed by atoms with van der Waals surface area (Å²) in [5, 5.41) is 6.59.